The lowest BCUT2D eigenvalue weighted by atomic mass is 10.2. The lowest BCUT2D eigenvalue weighted by Gasteiger charge is -2.09. The molecule has 0 unspecified atom stereocenters. The number of hydrogen-bond acceptors (Lipinski definition) is 4. The SMILES string of the molecule is CCn1ccc(=O)n(Cc2c(C(=O)O)cnn2C)c1=O. The molecule has 0 bridgehead atoms. The van der Waals surface area contributed by atoms with Crippen molar-refractivity contribution in [3.05, 3.63) is 50.6 Å². The Bertz CT molecular complexity index is 768. The lowest BCUT2D eigenvalue weighted by Crippen LogP contribution is -2.39. The molecule has 2 rings (SSSR count). The van der Waals surface area contributed by atoms with E-state index < -0.39 is 17.2 Å². The predicted octanol–water partition coefficient (Wildman–Crippen LogP) is -0.490. The van der Waals surface area contributed by atoms with Gasteiger partial charge >= 0.3 is 11.7 Å². The van der Waals surface area contributed by atoms with Crippen molar-refractivity contribution in [2.24, 2.45) is 7.05 Å². The second kappa shape index (κ2) is 5.16. The average Bonchev–Trinajstić information content (AvgIpc) is 2.76. The highest BCUT2D eigenvalue weighted by molar-refractivity contribution is 5.88. The van der Waals surface area contributed by atoms with Crippen LogP contribution in [0.5, 0.6) is 0 Å². The summed E-state index contributed by atoms with van der Waals surface area (Å²) < 4.78 is 3.71. The van der Waals surface area contributed by atoms with Gasteiger partial charge in [-0.25, -0.2) is 9.59 Å². The van der Waals surface area contributed by atoms with E-state index in [0.717, 1.165) is 4.57 Å². The number of aryl methyl sites for hydroxylation is 2. The quantitative estimate of drug-likeness (QED) is 0.813. The van der Waals surface area contributed by atoms with Crippen LogP contribution in [0.4, 0.5) is 0 Å². The third kappa shape index (κ3) is 2.27. The molecular formula is C12H14N4O4. The zero-order valence-electron chi connectivity index (χ0n) is 11.1. The fourth-order valence-corrected chi connectivity index (χ4v) is 1.92. The van der Waals surface area contributed by atoms with Crippen LogP contribution in [0, 0.1) is 0 Å². The van der Waals surface area contributed by atoms with Gasteiger partial charge in [-0.2, -0.15) is 5.10 Å². The molecule has 2 heterocycles. The fraction of sp³-hybridized carbons (Fsp3) is 0.333. The smallest absolute Gasteiger partial charge is 0.339 e. The predicted molar refractivity (Wildman–Crippen MR) is 69.9 cm³/mol. The Morgan fingerprint density at radius 1 is 1.40 bits per heavy atom. The topological polar surface area (TPSA) is 99.1 Å². The average molecular weight is 278 g/mol. The maximum atomic E-state index is 12.1. The van der Waals surface area contributed by atoms with E-state index in [-0.39, 0.29) is 12.1 Å². The van der Waals surface area contributed by atoms with Crippen LogP contribution in [0.1, 0.15) is 23.0 Å². The molecule has 106 valence electrons. The van der Waals surface area contributed by atoms with Crippen molar-refractivity contribution >= 4 is 5.97 Å². The molecule has 0 saturated carbocycles. The molecule has 20 heavy (non-hydrogen) atoms. The van der Waals surface area contributed by atoms with Gasteiger partial charge in [0, 0.05) is 25.9 Å². The van der Waals surface area contributed by atoms with Crippen LogP contribution in [0.25, 0.3) is 0 Å². The van der Waals surface area contributed by atoms with Gasteiger partial charge < -0.3 is 9.67 Å². The summed E-state index contributed by atoms with van der Waals surface area (Å²) in [5.41, 5.74) is -0.675. The Labute approximate surface area is 113 Å². The van der Waals surface area contributed by atoms with Gasteiger partial charge in [-0.05, 0) is 6.92 Å². The zero-order valence-corrected chi connectivity index (χ0v) is 11.1. The molecule has 0 radical (unpaired) electrons. The van der Waals surface area contributed by atoms with Crippen molar-refractivity contribution in [3.63, 3.8) is 0 Å². The summed E-state index contributed by atoms with van der Waals surface area (Å²) in [4.78, 5) is 35.0. The van der Waals surface area contributed by atoms with Crippen LogP contribution >= 0.6 is 0 Å². The van der Waals surface area contributed by atoms with Crippen LogP contribution in [-0.2, 0) is 20.1 Å². The first kappa shape index (κ1) is 13.8. The first-order valence-electron chi connectivity index (χ1n) is 6.00. The van der Waals surface area contributed by atoms with Crippen LogP contribution in [0.2, 0.25) is 0 Å². The number of carbonyl (C=O) groups is 1. The lowest BCUT2D eigenvalue weighted by molar-refractivity contribution is 0.0695. The minimum Gasteiger partial charge on any atom is -0.478 e. The standard InChI is InChI=1S/C12H14N4O4/c1-3-15-5-4-10(17)16(12(15)20)7-9-8(11(18)19)6-13-14(9)2/h4-6H,3,7H2,1-2H3,(H,18,19). The summed E-state index contributed by atoms with van der Waals surface area (Å²) >= 11 is 0. The molecule has 0 fully saturated rings. The summed E-state index contributed by atoms with van der Waals surface area (Å²) in [6, 6.07) is 1.28. The number of rotatable bonds is 4. The normalized spacial score (nSPS) is 10.7. The molecule has 0 spiro atoms. The first-order valence-corrected chi connectivity index (χ1v) is 6.00. The Morgan fingerprint density at radius 3 is 2.70 bits per heavy atom. The molecule has 8 heteroatoms. The number of nitrogens with zero attached hydrogens (tertiary/aromatic N) is 4. The third-order valence-electron chi connectivity index (χ3n) is 3.08. The minimum absolute atomic E-state index is 0.0225. The van der Waals surface area contributed by atoms with E-state index in [0.29, 0.717) is 12.2 Å². The molecule has 0 aliphatic rings. The molecule has 0 aliphatic heterocycles. The minimum atomic E-state index is -1.15. The van der Waals surface area contributed by atoms with Gasteiger partial charge in [-0.3, -0.25) is 14.0 Å². The Balaban J connectivity index is 2.56. The first-order chi connectivity index (χ1) is 9.45. The summed E-state index contributed by atoms with van der Waals surface area (Å²) in [6.07, 6.45) is 2.62. The van der Waals surface area contributed by atoms with Crippen molar-refractivity contribution in [1.82, 2.24) is 18.9 Å². The maximum Gasteiger partial charge on any atom is 0.339 e. The van der Waals surface area contributed by atoms with E-state index in [1.807, 2.05) is 0 Å². The monoisotopic (exact) mass is 278 g/mol. The molecule has 0 aromatic carbocycles. The van der Waals surface area contributed by atoms with Crippen molar-refractivity contribution in [1.29, 1.82) is 0 Å². The van der Waals surface area contributed by atoms with Crippen LogP contribution in [0.15, 0.2) is 28.0 Å². The summed E-state index contributed by atoms with van der Waals surface area (Å²) in [6.45, 7) is 2.08. The highest BCUT2D eigenvalue weighted by atomic mass is 16.4. The van der Waals surface area contributed by atoms with Gasteiger partial charge in [0.05, 0.1) is 18.4 Å². The van der Waals surface area contributed by atoms with Gasteiger partial charge in [0.15, 0.2) is 0 Å². The van der Waals surface area contributed by atoms with Gasteiger partial charge in [0.1, 0.15) is 5.56 Å². The van der Waals surface area contributed by atoms with Gasteiger partial charge in [-0.15, -0.1) is 0 Å². The second-order valence-corrected chi connectivity index (χ2v) is 4.24. The van der Waals surface area contributed by atoms with E-state index in [1.54, 1.807) is 14.0 Å². The van der Waals surface area contributed by atoms with Crippen LogP contribution < -0.4 is 11.2 Å². The Kier molecular flexibility index (Phi) is 3.55. The zero-order chi connectivity index (χ0) is 14.9. The second-order valence-electron chi connectivity index (χ2n) is 4.24. The Morgan fingerprint density at radius 2 is 2.10 bits per heavy atom. The summed E-state index contributed by atoms with van der Waals surface area (Å²) in [5, 5.41) is 12.9. The molecule has 8 nitrogen and oxygen atoms in total. The molecule has 0 aliphatic carbocycles. The van der Waals surface area contributed by atoms with Crippen LogP contribution in [-0.4, -0.2) is 30.0 Å². The van der Waals surface area contributed by atoms with Crippen molar-refractivity contribution in [2.75, 3.05) is 0 Å². The summed E-state index contributed by atoms with van der Waals surface area (Å²) in [7, 11) is 1.56. The highest BCUT2D eigenvalue weighted by Gasteiger charge is 2.17. The number of carboxylic acids is 1. The molecule has 0 atom stereocenters. The fourth-order valence-electron chi connectivity index (χ4n) is 1.92. The third-order valence-corrected chi connectivity index (χ3v) is 3.08. The van der Waals surface area contributed by atoms with Crippen molar-refractivity contribution in [3.8, 4) is 0 Å². The van der Waals surface area contributed by atoms with Gasteiger partial charge in [0.25, 0.3) is 5.56 Å². The number of carboxylic acid groups (broad SMARTS) is 1. The molecule has 1 N–H and O–H groups in total. The largest absolute Gasteiger partial charge is 0.478 e. The number of aromatic carboxylic acids is 1. The van der Waals surface area contributed by atoms with Gasteiger partial charge in [-0.1, -0.05) is 0 Å². The van der Waals surface area contributed by atoms with Gasteiger partial charge in [0.2, 0.25) is 0 Å². The molecular weight excluding hydrogens is 264 g/mol. The maximum absolute atomic E-state index is 12.1. The summed E-state index contributed by atoms with van der Waals surface area (Å²) in [5.74, 6) is -1.15. The van der Waals surface area contributed by atoms with E-state index >= 15 is 0 Å². The highest BCUT2D eigenvalue weighted by Crippen LogP contribution is 2.07. The van der Waals surface area contributed by atoms with Crippen molar-refractivity contribution < 1.29 is 9.90 Å². The number of aromatic nitrogens is 4. The van der Waals surface area contributed by atoms with E-state index in [2.05, 4.69) is 5.10 Å². The van der Waals surface area contributed by atoms with E-state index in [9.17, 15) is 14.4 Å². The molecule has 0 amide bonds. The number of hydrogen-bond donors (Lipinski definition) is 1. The molecule has 0 saturated heterocycles. The van der Waals surface area contributed by atoms with E-state index in [1.165, 1.54) is 27.7 Å². The molecule has 2 aromatic rings. The molecule has 2 aromatic heterocycles. The Hall–Kier alpha value is -2.64. The van der Waals surface area contributed by atoms with E-state index in [4.69, 9.17) is 5.11 Å². The van der Waals surface area contributed by atoms with Crippen LogP contribution in [0.3, 0.4) is 0 Å². The van der Waals surface area contributed by atoms with Crippen molar-refractivity contribution in [2.45, 2.75) is 20.0 Å².